The lowest BCUT2D eigenvalue weighted by molar-refractivity contribution is 0.277. The first-order chi connectivity index (χ1) is 9.58. The third-order valence-electron chi connectivity index (χ3n) is 5.45. The minimum absolute atomic E-state index is 0.0556. The Morgan fingerprint density at radius 3 is 2.65 bits per heavy atom. The fraction of sp³-hybridized carbons (Fsp3) is 0.647. The van der Waals surface area contributed by atoms with Crippen LogP contribution in [-0.4, -0.2) is 0 Å². The van der Waals surface area contributed by atoms with Crippen molar-refractivity contribution in [1.29, 1.82) is 0 Å². The van der Waals surface area contributed by atoms with Gasteiger partial charge in [0.1, 0.15) is 5.82 Å². The Morgan fingerprint density at radius 1 is 1.30 bits per heavy atom. The van der Waals surface area contributed by atoms with Gasteiger partial charge in [-0.25, -0.2) is 4.39 Å². The Hall–Kier alpha value is -0.930. The number of nitrogens with one attached hydrogen (secondary N) is 1. The maximum Gasteiger partial charge on any atom is 0.128 e. The van der Waals surface area contributed by atoms with Crippen molar-refractivity contribution in [3.63, 3.8) is 0 Å². The Balaban J connectivity index is 1.80. The first-order valence-electron chi connectivity index (χ1n) is 7.81. The van der Waals surface area contributed by atoms with Crippen LogP contribution in [-0.2, 0) is 0 Å². The van der Waals surface area contributed by atoms with E-state index in [2.05, 4.69) is 5.43 Å². The first-order valence-corrected chi connectivity index (χ1v) is 7.81. The summed E-state index contributed by atoms with van der Waals surface area (Å²) in [6.07, 6.45) is 6.44. The number of hydrogen-bond acceptors (Lipinski definition) is 2. The summed E-state index contributed by atoms with van der Waals surface area (Å²) in [5, 5.41) is 0. The number of nitrogens with two attached hydrogens (primary N) is 1. The Kier molecular flexibility index (Phi) is 3.83. The second-order valence-electron chi connectivity index (χ2n) is 6.87. The molecule has 4 unspecified atom stereocenters. The van der Waals surface area contributed by atoms with E-state index in [1.54, 1.807) is 6.07 Å². The third kappa shape index (κ3) is 2.49. The molecular weight excluding hydrogens is 251 g/mol. The van der Waals surface area contributed by atoms with Crippen molar-refractivity contribution in [3.05, 3.63) is 34.6 Å². The average Bonchev–Trinajstić information content (AvgIpc) is 2.98. The summed E-state index contributed by atoms with van der Waals surface area (Å²) < 4.78 is 14.3. The molecule has 0 radical (unpaired) electrons. The van der Waals surface area contributed by atoms with Crippen LogP contribution in [0.3, 0.4) is 0 Å². The van der Waals surface area contributed by atoms with Crippen molar-refractivity contribution in [1.82, 2.24) is 5.43 Å². The van der Waals surface area contributed by atoms with Crippen LogP contribution in [0.15, 0.2) is 12.1 Å². The molecular formula is C17H25FN2. The number of rotatable bonds is 4. The summed E-state index contributed by atoms with van der Waals surface area (Å²) in [7, 11) is 0. The quantitative estimate of drug-likeness (QED) is 0.649. The van der Waals surface area contributed by atoms with Crippen LogP contribution in [0.5, 0.6) is 0 Å². The lowest BCUT2D eigenvalue weighted by atomic mass is 9.82. The number of aryl methyl sites for hydroxylation is 2. The van der Waals surface area contributed by atoms with E-state index in [-0.39, 0.29) is 11.9 Å². The van der Waals surface area contributed by atoms with E-state index >= 15 is 0 Å². The van der Waals surface area contributed by atoms with Gasteiger partial charge in [-0.3, -0.25) is 11.3 Å². The Labute approximate surface area is 120 Å². The van der Waals surface area contributed by atoms with E-state index < -0.39 is 0 Å². The Morgan fingerprint density at radius 2 is 2.10 bits per heavy atom. The topological polar surface area (TPSA) is 38.0 Å². The summed E-state index contributed by atoms with van der Waals surface area (Å²) in [6.45, 7) is 3.91. The number of benzene rings is 1. The largest absolute Gasteiger partial charge is 0.271 e. The molecule has 110 valence electrons. The van der Waals surface area contributed by atoms with E-state index in [0.29, 0.717) is 0 Å². The van der Waals surface area contributed by atoms with E-state index in [0.717, 1.165) is 40.9 Å². The van der Waals surface area contributed by atoms with Crippen molar-refractivity contribution in [2.24, 2.45) is 23.6 Å². The van der Waals surface area contributed by atoms with Crippen LogP contribution >= 0.6 is 0 Å². The molecule has 2 fully saturated rings. The lowest BCUT2D eigenvalue weighted by Gasteiger charge is -2.27. The highest BCUT2D eigenvalue weighted by Crippen LogP contribution is 2.51. The van der Waals surface area contributed by atoms with Gasteiger partial charge in [0.15, 0.2) is 0 Å². The van der Waals surface area contributed by atoms with Crippen LogP contribution in [0.4, 0.5) is 4.39 Å². The summed E-state index contributed by atoms with van der Waals surface area (Å²) in [5.74, 6) is 8.12. The molecule has 2 saturated carbocycles. The summed E-state index contributed by atoms with van der Waals surface area (Å²) in [5.41, 5.74) is 5.61. The SMILES string of the molecule is Cc1cc(C)c(C(CC2CC3CCC2C3)NN)c(F)c1. The van der Waals surface area contributed by atoms with Gasteiger partial charge in [0.05, 0.1) is 0 Å². The third-order valence-corrected chi connectivity index (χ3v) is 5.45. The van der Waals surface area contributed by atoms with Crippen molar-refractivity contribution in [2.75, 3.05) is 0 Å². The molecule has 3 rings (SSSR count). The maximum atomic E-state index is 14.3. The summed E-state index contributed by atoms with van der Waals surface area (Å²) in [4.78, 5) is 0. The lowest BCUT2D eigenvalue weighted by Crippen LogP contribution is -2.32. The standard InChI is InChI=1S/C17H25FN2/c1-10-5-11(2)17(15(18)6-10)16(20-19)9-14-8-12-3-4-13(14)7-12/h5-6,12-14,16,20H,3-4,7-9,19H2,1-2H3. The molecule has 2 aliphatic rings. The molecule has 2 nitrogen and oxygen atoms in total. The fourth-order valence-corrected chi connectivity index (χ4v) is 4.61. The predicted octanol–water partition coefficient (Wildman–Crippen LogP) is 3.77. The predicted molar refractivity (Wildman–Crippen MR) is 79.5 cm³/mol. The molecule has 3 heteroatoms. The molecule has 20 heavy (non-hydrogen) atoms. The molecule has 1 aromatic carbocycles. The monoisotopic (exact) mass is 276 g/mol. The number of hydrogen-bond donors (Lipinski definition) is 2. The molecule has 0 heterocycles. The highest BCUT2D eigenvalue weighted by Gasteiger charge is 2.40. The molecule has 0 saturated heterocycles. The molecule has 2 aliphatic carbocycles. The van der Waals surface area contributed by atoms with Gasteiger partial charge in [-0.2, -0.15) is 0 Å². The second kappa shape index (κ2) is 5.45. The van der Waals surface area contributed by atoms with Gasteiger partial charge in [0, 0.05) is 11.6 Å². The van der Waals surface area contributed by atoms with E-state index in [1.165, 1.54) is 25.7 Å². The molecule has 4 atom stereocenters. The van der Waals surface area contributed by atoms with Crippen molar-refractivity contribution in [3.8, 4) is 0 Å². The van der Waals surface area contributed by atoms with E-state index in [1.807, 2.05) is 19.9 Å². The molecule has 0 aromatic heterocycles. The maximum absolute atomic E-state index is 14.3. The smallest absolute Gasteiger partial charge is 0.128 e. The van der Waals surface area contributed by atoms with Crippen LogP contribution in [0.2, 0.25) is 0 Å². The molecule has 1 aromatic rings. The van der Waals surface area contributed by atoms with Gasteiger partial charge in [-0.1, -0.05) is 12.5 Å². The summed E-state index contributed by atoms with van der Waals surface area (Å²) >= 11 is 0. The van der Waals surface area contributed by atoms with Crippen LogP contribution < -0.4 is 11.3 Å². The number of fused-ring (bicyclic) bond motifs is 2. The zero-order valence-electron chi connectivity index (χ0n) is 12.5. The molecule has 0 aliphatic heterocycles. The van der Waals surface area contributed by atoms with Crippen molar-refractivity contribution in [2.45, 2.75) is 52.0 Å². The van der Waals surface area contributed by atoms with Crippen LogP contribution in [0, 0.1) is 37.4 Å². The second-order valence-corrected chi connectivity index (χ2v) is 6.87. The van der Waals surface area contributed by atoms with Crippen molar-refractivity contribution >= 4 is 0 Å². The minimum atomic E-state index is -0.117. The number of hydrazine groups is 1. The molecule has 3 N–H and O–H groups in total. The summed E-state index contributed by atoms with van der Waals surface area (Å²) in [6, 6.07) is 3.61. The minimum Gasteiger partial charge on any atom is -0.271 e. The van der Waals surface area contributed by atoms with Gasteiger partial charge in [0.2, 0.25) is 0 Å². The van der Waals surface area contributed by atoms with Gasteiger partial charge >= 0.3 is 0 Å². The van der Waals surface area contributed by atoms with Crippen LogP contribution in [0.1, 0.15) is 54.8 Å². The zero-order valence-corrected chi connectivity index (χ0v) is 12.5. The molecule has 0 amide bonds. The van der Waals surface area contributed by atoms with E-state index in [4.69, 9.17) is 5.84 Å². The van der Waals surface area contributed by atoms with E-state index in [9.17, 15) is 4.39 Å². The normalized spacial score (nSPS) is 29.9. The van der Waals surface area contributed by atoms with Gasteiger partial charge < -0.3 is 0 Å². The van der Waals surface area contributed by atoms with Gasteiger partial charge in [-0.15, -0.1) is 0 Å². The highest BCUT2D eigenvalue weighted by molar-refractivity contribution is 5.34. The number of halogens is 1. The zero-order chi connectivity index (χ0) is 14.3. The van der Waals surface area contributed by atoms with Gasteiger partial charge in [0.25, 0.3) is 0 Å². The van der Waals surface area contributed by atoms with Crippen molar-refractivity contribution < 1.29 is 4.39 Å². The van der Waals surface area contributed by atoms with Gasteiger partial charge in [-0.05, 0) is 74.5 Å². The Bertz CT molecular complexity index is 477. The first kappa shape index (κ1) is 14.0. The fourth-order valence-electron chi connectivity index (χ4n) is 4.61. The average molecular weight is 276 g/mol. The highest BCUT2D eigenvalue weighted by atomic mass is 19.1. The molecule has 0 spiro atoms. The molecule has 2 bridgehead atoms. The van der Waals surface area contributed by atoms with Crippen LogP contribution in [0.25, 0.3) is 0 Å².